The molecule has 0 aliphatic carbocycles. The number of esters is 1. The van der Waals surface area contributed by atoms with E-state index in [-0.39, 0.29) is 11.9 Å². The fraction of sp³-hybridized carbons (Fsp3) is 0.500. The van der Waals surface area contributed by atoms with Crippen molar-refractivity contribution in [2.75, 3.05) is 25.0 Å². The highest BCUT2D eigenvalue weighted by molar-refractivity contribution is 5.89. The summed E-state index contributed by atoms with van der Waals surface area (Å²) < 4.78 is 4.87. The Balaban J connectivity index is 2.35. The predicted octanol–water partition coefficient (Wildman–Crippen LogP) is 1.59. The van der Waals surface area contributed by atoms with E-state index in [1.807, 2.05) is 6.92 Å². The topological polar surface area (TPSA) is 80.3 Å². The molecule has 0 atom stereocenters. The van der Waals surface area contributed by atoms with E-state index in [0.29, 0.717) is 37.5 Å². The summed E-state index contributed by atoms with van der Waals surface area (Å²) in [4.78, 5) is 26.9. The lowest BCUT2D eigenvalue weighted by atomic mass is 10.3. The molecule has 1 aromatic heterocycles. The molecule has 0 aromatic carbocycles. The summed E-state index contributed by atoms with van der Waals surface area (Å²) in [6.45, 7) is 5.30. The van der Waals surface area contributed by atoms with Crippen LogP contribution in [0.4, 0.5) is 5.82 Å². The van der Waals surface area contributed by atoms with E-state index < -0.39 is 0 Å². The van der Waals surface area contributed by atoms with Gasteiger partial charge in [0.05, 0.1) is 12.2 Å². The molecule has 2 N–H and O–H groups in total. The van der Waals surface area contributed by atoms with Crippen LogP contribution >= 0.6 is 0 Å². The van der Waals surface area contributed by atoms with Gasteiger partial charge in [-0.1, -0.05) is 6.92 Å². The second kappa shape index (κ2) is 8.90. The Morgan fingerprint density at radius 2 is 2.05 bits per heavy atom. The van der Waals surface area contributed by atoms with Crippen LogP contribution in [0.15, 0.2) is 18.3 Å². The summed E-state index contributed by atoms with van der Waals surface area (Å²) in [7, 11) is 0. The lowest BCUT2D eigenvalue weighted by molar-refractivity contribution is -0.120. The fourth-order valence-electron chi connectivity index (χ4n) is 1.49. The first-order valence-electron chi connectivity index (χ1n) is 6.81. The van der Waals surface area contributed by atoms with Crippen molar-refractivity contribution in [2.24, 2.45) is 0 Å². The maximum absolute atomic E-state index is 11.4. The highest BCUT2D eigenvalue weighted by Crippen LogP contribution is 2.06. The Morgan fingerprint density at radius 3 is 2.65 bits per heavy atom. The monoisotopic (exact) mass is 279 g/mol. The standard InChI is InChI=1S/C14H21N3O3/c1-3-8-16-13(18)7-9-15-12-6-5-11(10-17-12)14(19)20-4-2/h5-6,10H,3-4,7-9H2,1-2H3,(H,15,17)(H,16,18). The Kier molecular flexibility index (Phi) is 7.10. The summed E-state index contributed by atoms with van der Waals surface area (Å²) in [5, 5.41) is 5.82. The van der Waals surface area contributed by atoms with E-state index in [1.54, 1.807) is 19.1 Å². The molecule has 0 aliphatic heterocycles. The summed E-state index contributed by atoms with van der Waals surface area (Å²) in [6, 6.07) is 3.33. The van der Waals surface area contributed by atoms with Crippen LogP contribution in [0.3, 0.4) is 0 Å². The first-order chi connectivity index (χ1) is 9.67. The molecule has 1 heterocycles. The summed E-state index contributed by atoms with van der Waals surface area (Å²) in [5.74, 6) is 0.259. The molecule has 1 amide bonds. The van der Waals surface area contributed by atoms with E-state index in [9.17, 15) is 9.59 Å². The number of carbonyl (C=O) groups excluding carboxylic acids is 2. The lowest BCUT2D eigenvalue weighted by Gasteiger charge is -2.07. The molecule has 110 valence electrons. The van der Waals surface area contributed by atoms with Crippen molar-refractivity contribution < 1.29 is 14.3 Å². The van der Waals surface area contributed by atoms with Crippen molar-refractivity contribution in [3.05, 3.63) is 23.9 Å². The number of ether oxygens (including phenoxy) is 1. The van der Waals surface area contributed by atoms with Crippen LogP contribution in [0.5, 0.6) is 0 Å². The van der Waals surface area contributed by atoms with Crippen molar-refractivity contribution in [3.8, 4) is 0 Å². The zero-order valence-corrected chi connectivity index (χ0v) is 11.9. The maximum Gasteiger partial charge on any atom is 0.339 e. The Hall–Kier alpha value is -2.11. The summed E-state index contributed by atoms with van der Waals surface area (Å²) in [6.07, 6.45) is 2.77. The van der Waals surface area contributed by atoms with Crippen molar-refractivity contribution in [1.29, 1.82) is 0 Å². The number of nitrogens with one attached hydrogen (secondary N) is 2. The van der Waals surface area contributed by atoms with E-state index in [1.165, 1.54) is 6.20 Å². The Morgan fingerprint density at radius 1 is 1.25 bits per heavy atom. The average Bonchev–Trinajstić information content (AvgIpc) is 2.46. The molecule has 1 aromatic rings. The third-order valence-corrected chi connectivity index (χ3v) is 2.50. The number of amides is 1. The molecule has 1 rings (SSSR count). The van der Waals surface area contributed by atoms with Crippen molar-refractivity contribution >= 4 is 17.7 Å². The second-order valence-electron chi connectivity index (χ2n) is 4.18. The molecule has 0 saturated heterocycles. The number of hydrogen-bond donors (Lipinski definition) is 2. The number of carbonyl (C=O) groups is 2. The molecule has 0 saturated carbocycles. The quantitative estimate of drug-likeness (QED) is 0.706. The summed E-state index contributed by atoms with van der Waals surface area (Å²) >= 11 is 0. The number of rotatable bonds is 8. The van der Waals surface area contributed by atoms with Crippen LogP contribution < -0.4 is 10.6 Å². The predicted molar refractivity (Wildman–Crippen MR) is 76.6 cm³/mol. The van der Waals surface area contributed by atoms with Gasteiger partial charge in [-0.05, 0) is 25.5 Å². The van der Waals surface area contributed by atoms with Gasteiger partial charge in [-0.3, -0.25) is 4.79 Å². The van der Waals surface area contributed by atoms with Gasteiger partial charge < -0.3 is 15.4 Å². The van der Waals surface area contributed by atoms with E-state index in [0.717, 1.165) is 6.42 Å². The SMILES string of the molecule is CCCNC(=O)CCNc1ccc(C(=O)OCC)cn1. The van der Waals surface area contributed by atoms with E-state index in [4.69, 9.17) is 4.74 Å². The maximum atomic E-state index is 11.4. The Labute approximate surface area is 118 Å². The van der Waals surface area contributed by atoms with Gasteiger partial charge in [-0.25, -0.2) is 9.78 Å². The molecule has 20 heavy (non-hydrogen) atoms. The highest BCUT2D eigenvalue weighted by Gasteiger charge is 2.06. The number of nitrogens with zero attached hydrogens (tertiary/aromatic N) is 1. The molecule has 0 unspecified atom stereocenters. The van der Waals surface area contributed by atoms with Gasteiger partial charge in [0.2, 0.25) is 5.91 Å². The minimum absolute atomic E-state index is 0.0162. The molecular formula is C14H21N3O3. The second-order valence-corrected chi connectivity index (χ2v) is 4.18. The third-order valence-electron chi connectivity index (χ3n) is 2.50. The van der Waals surface area contributed by atoms with Gasteiger partial charge in [-0.15, -0.1) is 0 Å². The first-order valence-corrected chi connectivity index (χ1v) is 6.81. The molecule has 0 bridgehead atoms. The molecular weight excluding hydrogens is 258 g/mol. The molecule has 0 spiro atoms. The highest BCUT2D eigenvalue weighted by atomic mass is 16.5. The number of aromatic nitrogens is 1. The first kappa shape index (κ1) is 15.9. The lowest BCUT2D eigenvalue weighted by Crippen LogP contribution is -2.25. The van der Waals surface area contributed by atoms with Gasteiger partial charge in [0.1, 0.15) is 5.82 Å². The van der Waals surface area contributed by atoms with E-state index >= 15 is 0 Å². The molecule has 0 fully saturated rings. The molecule has 6 heteroatoms. The van der Waals surface area contributed by atoms with Crippen LogP contribution in [0.1, 0.15) is 37.0 Å². The summed E-state index contributed by atoms with van der Waals surface area (Å²) in [5.41, 5.74) is 0.415. The zero-order valence-electron chi connectivity index (χ0n) is 11.9. The van der Waals surface area contributed by atoms with Gasteiger partial charge in [0.25, 0.3) is 0 Å². The van der Waals surface area contributed by atoms with Crippen molar-refractivity contribution in [3.63, 3.8) is 0 Å². The minimum Gasteiger partial charge on any atom is -0.462 e. The third kappa shape index (κ3) is 5.69. The minimum atomic E-state index is -0.384. The largest absolute Gasteiger partial charge is 0.462 e. The molecule has 0 aliphatic rings. The number of hydrogen-bond acceptors (Lipinski definition) is 5. The van der Waals surface area contributed by atoms with Gasteiger partial charge in [0.15, 0.2) is 0 Å². The van der Waals surface area contributed by atoms with Gasteiger partial charge in [0, 0.05) is 25.7 Å². The number of anilines is 1. The van der Waals surface area contributed by atoms with Crippen LogP contribution in [0, 0.1) is 0 Å². The molecule has 0 radical (unpaired) electrons. The zero-order chi connectivity index (χ0) is 14.8. The van der Waals surface area contributed by atoms with Crippen LogP contribution in [-0.4, -0.2) is 36.6 Å². The smallest absolute Gasteiger partial charge is 0.339 e. The average molecular weight is 279 g/mol. The molecule has 6 nitrogen and oxygen atoms in total. The fourth-order valence-corrected chi connectivity index (χ4v) is 1.49. The van der Waals surface area contributed by atoms with E-state index in [2.05, 4.69) is 15.6 Å². The van der Waals surface area contributed by atoms with Crippen molar-refractivity contribution in [1.82, 2.24) is 10.3 Å². The van der Waals surface area contributed by atoms with Crippen LogP contribution in [0.2, 0.25) is 0 Å². The number of pyridine rings is 1. The van der Waals surface area contributed by atoms with Crippen LogP contribution in [-0.2, 0) is 9.53 Å². The van der Waals surface area contributed by atoms with Crippen LogP contribution in [0.25, 0.3) is 0 Å². The normalized spacial score (nSPS) is 9.90. The van der Waals surface area contributed by atoms with Gasteiger partial charge in [-0.2, -0.15) is 0 Å². The Bertz CT molecular complexity index is 432. The van der Waals surface area contributed by atoms with Crippen molar-refractivity contribution in [2.45, 2.75) is 26.7 Å². The van der Waals surface area contributed by atoms with Gasteiger partial charge >= 0.3 is 5.97 Å².